The molecule has 0 radical (unpaired) electrons. The van der Waals surface area contributed by atoms with Crippen LogP contribution in [0.3, 0.4) is 0 Å². The van der Waals surface area contributed by atoms with Crippen molar-refractivity contribution in [1.29, 1.82) is 0 Å². The number of rotatable bonds is 4. The van der Waals surface area contributed by atoms with Crippen molar-refractivity contribution in [2.45, 2.75) is 47.1 Å². The van der Waals surface area contributed by atoms with Crippen molar-refractivity contribution in [3.8, 4) is 0 Å². The normalized spacial score (nSPS) is 11.0. The predicted molar refractivity (Wildman–Crippen MR) is 88.1 cm³/mol. The number of benzene rings is 1. The van der Waals surface area contributed by atoms with Gasteiger partial charge in [-0.05, 0) is 56.0 Å². The molecule has 3 heteroatoms. The Morgan fingerprint density at radius 1 is 1.19 bits per heavy atom. The fraction of sp³-hybridized carbons (Fsp3) is 0.389. The molecule has 0 fully saturated rings. The Kier molecular flexibility index (Phi) is 4.51. The minimum absolute atomic E-state index is 0.0419. The van der Waals surface area contributed by atoms with Crippen LogP contribution in [0.5, 0.6) is 0 Å². The maximum atomic E-state index is 12.5. The molecule has 2 rings (SSSR count). The number of aromatic nitrogens is 1. The zero-order valence-corrected chi connectivity index (χ0v) is 13.5. The molecule has 1 heterocycles. The van der Waals surface area contributed by atoms with Crippen LogP contribution in [0.25, 0.3) is 0 Å². The summed E-state index contributed by atoms with van der Waals surface area (Å²) >= 11 is 0. The highest BCUT2D eigenvalue weighted by molar-refractivity contribution is 6.04. The van der Waals surface area contributed by atoms with E-state index in [1.807, 2.05) is 30.5 Å². The number of carbonyl (C=O) groups is 1. The van der Waals surface area contributed by atoms with Gasteiger partial charge in [-0.25, -0.2) is 0 Å². The standard InChI is InChI=1S/C18H24N2O/c1-6-20-14(5)11-13(4)17(20)18(21)19-16-9-7-15(8-10-16)12(2)3/h7-12H,6H2,1-5H3,(H,19,21). The summed E-state index contributed by atoms with van der Waals surface area (Å²) in [6.45, 7) is 11.2. The van der Waals surface area contributed by atoms with Crippen molar-refractivity contribution in [3.05, 3.63) is 52.8 Å². The lowest BCUT2D eigenvalue weighted by Gasteiger charge is -2.11. The molecule has 3 nitrogen and oxygen atoms in total. The average molecular weight is 284 g/mol. The van der Waals surface area contributed by atoms with E-state index in [-0.39, 0.29) is 5.91 Å². The number of nitrogens with one attached hydrogen (secondary N) is 1. The van der Waals surface area contributed by atoms with Crippen LogP contribution < -0.4 is 5.32 Å². The second kappa shape index (κ2) is 6.17. The van der Waals surface area contributed by atoms with Crippen LogP contribution in [0.15, 0.2) is 30.3 Å². The zero-order valence-electron chi connectivity index (χ0n) is 13.5. The molecule has 0 bridgehead atoms. The molecule has 0 aliphatic carbocycles. The molecule has 1 N–H and O–H groups in total. The van der Waals surface area contributed by atoms with Gasteiger partial charge >= 0.3 is 0 Å². The minimum atomic E-state index is -0.0419. The smallest absolute Gasteiger partial charge is 0.272 e. The number of hydrogen-bond donors (Lipinski definition) is 1. The maximum absolute atomic E-state index is 12.5. The lowest BCUT2D eigenvalue weighted by atomic mass is 10.0. The van der Waals surface area contributed by atoms with Crippen LogP contribution in [0.4, 0.5) is 5.69 Å². The van der Waals surface area contributed by atoms with E-state index >= 15 is 0 Å². The Labute approximate surface area is 127 Å². The molecule has 0 spiro atoms. The minimum Gasteiger partial charge on any atom is -0.341 e. The van der Waals surface area contributed by atoms with Crippen LogP contribution in [0.1, 0.15) is 54.0 Å². The summed E-state index contributed by atoms with van der Waals surface area (Å²) in [5.74, 6) is 0.455. The third-order valence-electron chi connectivity index (χ3n) is 3.86. The number of anilines is 1. The fourth-order valence-corrected chi connectivity index (χ4v) is 2.70. The van der Waals surface area contributed by atoms with Crippen LogP contribution in [0, 0.1) is 13.8 Å². The second-order valence-corrected chi connectivity index (χ2v) is 5.79. The summed E-state index contributed by atoms with van der Waals surface area (Å²) in [6.07, 6.45) is 0. The van der Waals surface area contributed by atoms with E-state index in [2.05, 4.69) is 44.3 Å². The largest absolute Gasteiger partial charge is 0.341 e. The van der Waals surface area contributed by atoms with Gasteiger partial charge in [0.25, 0.3) is 5.91 Å². The Bertz CT molecular complexity index is 636. The zero-order chi connectivity index (χ0) is 15.6. The van der Waals surface area contributed by atoms with Crippen molar-refractivity contribution in [1.82, 2.24) is 4.57 Å². The van der Waals surface area contributed by atoms with Crippen LogP contribution in [0.2, 0.25) is 0 Å². The van der Waals surface area contributed by atoms with Crippen LogP contribution in [-0.4, -0.2) is 10.5 Å². The Morgan fingerprint density at radius 3 is 2.33 bits per heavy atom. The van der Waals surface area contributed by atoms with E-state index in [4.69, 9.17) is 0 Å². The summed E-state index contributed by atoms with van der Waals surface area (Å²) in [5.41, 5.74) is 5.01. The molecule has 0 atom stereocenters. The number of aryl methyl sites for hydroxylation is 2. The molecule has 1 amide bonds. The first kappa shape index (κ1) is 15.4. The SMILES string of the molecule is CCn1c(C)cc(C)c1C(=O)Nc1ccc(C(C)C)cc1. The van der Waals surface area contributed by atoms with E-state index in [0.717, 1.165) is 29.2 Å². The first-order valence-electron chi connectivity index (χ1n) is 7.52. The molecule has 21 heavy (non-hydrogen) atoms. The summed E-state index contributed by atoms with van der Waals surface area (Å²) < 4.78 is 2.05. The fourth-order valence-electron chi connectivity index (χ4n) is 2.70. The lowest BCUT2D eigenvalue weighted by molar-refractivity contribution is 0.101. The highest BCUT2D eigenvalue weighted by Gasteiger charge is 2.16. The van der Waals surface area contributed by atoms with Crippen molar-refractivity contribution in [2.75, 3.05) is 5.32 Å². The highest BCUT2D eigenvalue weighted by Crippen LogP contribution is 2.20. The molecular weight excluding hydrogens is 260 g/mol. The second-order valence-electron chi connectivity index (χ2n) is 5.79. The van der Waals surface area contributed by atoms with Crippen molar-refractivity contribution in [3.63, 3.8) is 0 Å². The quantitative estimate of drug-likeness (QED) is 0.881. The van der Waals surface area contributed by atoms with Crippen molar-refractivity contribution < 1.29 is 4.79 Å². The lowest BCUT2D eigenvalue weighted by Crippen LogP contribution is -2.18. The highest BCUT2D eigenvalue weighted by atomic mass is 16.2. The third kappa shape index (κ3) is 3.18. The van der Waals surface area contributed by atoms with Gasteiger partial charge in [-0.3, -0.25) is 4.79 Å². The molecule has 1 aromatic carbocycles. The summed E-state index contributed by atoms with van der Waals surface area (Å²) in [5, 5.41) is 2.99. The Balaban J connectivity index is 2.22. The van der Waals surface area contributed by atoms with E-state index in [1.54, 1.807) is 0 Å². The number of amides is 1. The van der Waals surface area contributed by atoms with Crippen LogP contribution >= 0.6 is 0 Å². The number of carbonyl (C=O) groups excluding carboxylic acids is 1. The summed E-state index contributed by atoms with van der Waals surface area (Å²) in [4.78, 5) is 12.5. The van der Waals surface area contributed by atoms with Gasteiger partial charge in [-0.1, -0.05) is 26.0 Å². The molecule has 0 saturated heterocycles. The molecule has 0 unspecified atom stereocenters. The molecular formula is C18H24N2O. The number of hydrogen-bond acceptors (Lipinski definition) is 1. The van der Waals surface area contributed by atoms with Gasteiger partial charge in [0.05, 0.1) is 0 Å². The van der Waals surface area contributed by atoms with Gasteiger partial charge in [-0.2, -0.15) is 0 Å². The monoisotopic (exact) mass is 284 g/mol. The first-order valence-corrected chi connectivity index (χ1v) is 7.52. The van der Waals surface area contributed by atoms with Gasteiger partial charge in [0.15, 0.2) is 0 Å². The van der Waals surface area contributed by atoms with E-state index in [0.29, 0.717) is 5.92 Å². The van der Waals surface area contributed by atoms with E-state index < -0.39 is 0 Å². The summed E-state index contributed by atoms with van der Waals surface area (Å²) in [7, 11) is 0. The molecule has 0 aliphatic heterocycles. The van der Waals surface area contributed by atoms with Gasteiger partial charge < -0.3 is 9.88 Å². The molecule has 112 valence electrons. The average Bonchev–Trinajstić information content (AvgIpc) is 2.73. The molecule has 0 aliphatic rings. The van der Waals surface area contributed by atoms with E-state index in [1.165, 1.54) is 5.56 Å². The van der Waals surface area contributed by atoms with Gasteiger partial charge in [0.1, 0.15) is 5.69 Å². The van der Waals surface area contributed by atoms with Crippen molar-refractivity contribution >= 4 is 11.6 Å². The molecule has 1 aromatic heterocycles. The molecule has 0 saturated carbocycles. The predicted octanol–water partition coefficient (Wildman–Crippen LogP) is 4.50. The Hall–Kier alpha value is -2.03. The van der Waals surface area contributed by atoms with Gasteiger partial charge in [-0.15, -0.1) is 0 Å². The van der Waals surface area contributed by atoms with Crippen LogP contribution in [-0.2, 0) is 6.54 Å². The summed E-state index contributed by atoms with van der Waals surface area (Å²) in [6, 6.07) is 10.1. The van der Waals surface area contributed by atoms with Gasteiger partial charge in [0.2, 0.25) is 0 Å². The van der Waals surface area contributed by atoms with Crippen molar-refractivity contribution in [2.24, 2.45) is 0 Å². The Morgan fingerprint density at radius 2 is 1.81 bits per heavy atom. The first-order chi connectivity index (χ1) is 9.93. The van der Waals surface area contributed by atoms with E-state index in [9.17, 15) is 4.79 Å². The number of nitrogens with zero attached hydrogens (tertiary/aromatic N) is 1. The molecule has 2 aromatic rings. The van der Waals surface area contributed by atoms with Gasteiger partial charge in [0, 0.05) is 17.9 Å². The topological polar surface area (TPSA) is 34.0 Å². The third-order valence-corrected chi connectivity index (χ3v) is 3.86. The maximum Gasteiger partial charge on any atom is 0.272 e.